The molecule has 0 fully saturated rings. The molecule has 0 aliphatic heterocycles. The van der Waals surface area contributed by atoms with Crippen LogP contribution in [0, 0.1) is 6.92 Å². The number of carboxylic acid groups (broad SMARTS) is 4. The molecule has 0 aromatic heterocycles. The monoisotopic (exact) mass is 462 g/mol. The highest BCUT2D eigenvalue weighted by Gasteiger charge is 2.24. The van der Waals surface area contributed by atoms with Crippen molar-refractivity contribution >= 4 is 42.7 Å². The number of nitrogens with two attached hydrogens (primary N) is 5. The summed E-state index contributed by atoms with van der Waals surface area (Å²) in [4.78, 5) is 63.6. The lowest BCUT2D eigenvalue weighted by Gasteiger charge is -2.14. The van der Waals surface area contributed by atoms with Gasteiger partial charge in [-0.05, 0) is 6.92 Å². The van der Waals surface area contributed by atoms with Crippen LogP contribution in [0.1, 0.15) is 27.7 Å². The summed E-state index contributed by atoms with van der Waals surface area (Å²) in [6, 6.07) is 0. The lowest BCUT2D eigenvalue weighted by molar-refractivity contribution is -0.148. The van der Waals surface area contributed by atoms with Gasteiger partial charge < -0.3 is 36.6 Å². The van der Waals surface area contributed by atoms with Crippen molar-refractivity contribution in [2.24, 2.45) is 28.7 Å². The molecule has 0 aromatic rings. The van der Waals surface area contributed by atoms with Crippen molar-refractivity contribution in [3.05, 3.63) is 6.92 Å². The minimum absolute atomic E-state index is 0.0216. The Morgan fingerprint density at radius 3 is 0.903 bits per heavy atom. The van der Waals surface area contributed by atoms with E-state index in [1.54, 1.807) is 0 Å². The number of esters is 1. The van der Waals surface area contributed by atoms with Gasteiger partial charge in [-0.1, -0.05) is 0 Å². The Morgan fingerprint density at radius 2 is 0.871 bits per heavy atom. The van der Waals surface area contributed by atoms with Crippen LogP contribution in [-0.2, 0) is 38.3 Å². The molecule has 17 nitrogen and oxygen atoms in total. The smallest absolute Gasteiger partial charge is 0.356 e. The first kappa shape index (κ1) is 45.7. The van der Waals surface area contributed by atoms with Crippen LogP contribution in [0.25, 0.3) is 0 Å². The number of carbonyl (C=O) groups excluding carboxylic acids is 3. The van der Waals surface area contributed by atoms with E-state index in [4.69, 9.17) is 66.4 Å². The van der Waals surface area contributed by atoms with Crippen molar-refractivity contribution < 1.29 is 58.7 Å². The van der Waals surface area contributed by atoms with Gasteiger partial charge in [-0.2, -0.15) is 0 Å². The van der Waals surface area contributed by atoms with E-state index < -0.39 is 35.6 Å². The van der Waals surface area contributed by atoms with Crippen LogP contribution in [0.3, 0.4) is 0 Å². The number of primary amides is 2. The molecule has 0 bridgehead atoms. The Balaban J connectivity index is -0.0000000456. The molecule has 0 unspecified atom stereocenters. The van der Waals surface area contributed by atoms with Crippen molar-refractivity contribution in [2.75, 3.05) is 6.61 Å². The molecular weight excluding hydrogens is 430 g/mol. The number of carbonyl (C=O) groups is 7. The van der Waals surface area contributed by atoms with Crippen molar-refractivity contribution in [3.63, 3.8) is 0 Å². The Morgan fingerprint density at radius 1 is 0.742 bits per heavy atom. The number of hydrogen-bond acceptors (Lipinski definition) is 11. The van der Waals surface area contributed by atoms with Crippen LogP contribution in [0.4, 0.5) is 0 Å². The molecule has 0 aliphatic rings. The maximum atomic E-state index is 10.4. The second kappa shape index (κ2) is 37.0. The Bertz CT molecular complexity index is 423. The van der Waals surface area contributed by atoms with Gasteiger partial charge in [0, 0.05) is 27.7 Å². The quantitative estimate of drug-likeness (QED) is 0.109. The van der Waals surface area contributed by atoms with Crippen LogP contribution in [-0.4, -0.2) is 75.5 Å². The summed E-state index contributed by atoms with van der Waals surface area (Å²) in [5.74, 6) is -6.09. The molecule has 2 amide bonds. The summed E-state index contributed by atoms with van der Waals surface area (Å²) in [7, 11) is 0. The zero-order valence-corrected chi connectivity index (χ0v) is 17.5. The first-order valence-electron chi connectivity index (χ1n) is 7.16. The van der Waals surface area contributed by atoms with E-state index in [2.05, 4.69) is 23.1 Å². The third-order valence-corrected chi connectivity index (χ3v) is 0.587. The van der Waals surface area contributed by atoms with Crippen LogP contribution in [0.5, 0.6) is 0 Å². The third-order valence-electron chi connectivity index (χ3n) is 0.587. The summed E-state index contributed by atoms with van der Waals surface area (Å²) in [6.07, 6.45) is 0.500. The van der Waals surface area contributed by atoms with Gasteiger partial charge in [0.1, 0.15) is 0 Å². The highest BCUT2D eigenvalue weighted by Crippen LogP contribution is 1.83. The summed E-state index contributed by atoms with van der Waals surface area (Å²) < 4.78 is 4.28. The van der Waals surface area contributed by atoms with Crippen molar-refractivity contribution in [1.29, 1.82) is 0 Å². The van der Waals surface area contributed by atoms with E-state index in [1.807, 2.05) is 0 Å². The molecular formula is C14H32N5O12. The topological polar surface area (TPSA) is 340 Å². The summed E-state index contributed by atoms with van der Waals surface area (Å²) in [5, 5.41) is 29.7. The maximum Gasteiger partial charge on any atom is 0.356 e. The Hall–Kier alpha value is -3.83. The van der Waals surface area contributed by atoms with Gasteiger partial charge in [0.25, 0.3) is 23.9 Å². The number of ether oxygens (including phenoxy) is 1. The minimum Gasteiger partial charge on any atom is -0.481 e. The van der Waals surface area contributed by atoms with Crippen LogP contribution < -0.4 is 28.7 Å². The number of amides is 2. The van der Waals surface area contributed by atoms with Crippen molar-refractivity contribution in [1.82, 2.24) is 0 Å². The SMILES string of the molecule is CC(=O)O.CC(=O)O.CC(=O)O.CC(=O)O.NC=O.NC=O.[CH2]COC(=O)C(N)(N)N. The molecule has 17 heteroatoms. The molecule has 0 saturated carbocycles. The molecule has 0 saturated heterocycles. The number of carboxylic acids is 4. The maximum absolute atomic E-state index is 10.4. The molecule has 185 valence electrons. The van der Waals surface area contributed by atoms with E-state index >= 15 is 0 Å². The highest BCUT2D eigenvalue weighted by atomic mass is 16.5. The van der Waals surface area contributed by atoms with Gasteiger partial charge in [0.15, 0.2) is 0 Å². The van der Waals surface area contributed by atoms with E-state index in [9.17, 15) is 4.79 Å². The lowest BCUT2D eigenvalue weighted by atomic mass is 10.4. The zero-order chi connectivity index (χ0) is 27.2. The first-order valence-corrected chi connectivity index (χ1v) is 7.16. The fourth-order valence-electron chi connectivity index (χ4n) is 0.218. The zero-order valence-electron chi connectivity index (χ0n) is 17.5. The van der Waals surface area contributed by atoms with E-state index in [-0.39, 0.29) is 19.4 Å². The molecule has 14 N–H and O–H groups in total. The molecule has 0 rings (SSSR count). The average molecular weight is 462 g/mol. The summed E-state index contributed by atoms with van der Waals surface area (Å²) in [6.45, 7) is 7.54. The van der Waals surface area contributed by atoms with Gasteiger partial charge in [-0.15, -0.1) is 0 Å². The minimum atomic E-state index is -1.89. The second-order valence-corrected chi connectivity index (χ2v) is 3.92. The third kappa shape index (κ3) is 572. The van der Waals surface area contributed by atoms with Gasteiger partial charge in [-0.25, -0.2) is 4.79 Å². The first-order chi connectivity index (χ1) is 13.7. The predicted octanol–water partition coefficient (Wildman–Crippen LogP) is -3.54. The Labute approximate surface area is 178 Å². The summed E-state index contributed by atoms with van der Waals surface area (Å²) >= 11 is 0. The molecule has 0 aromatic carbocycles. The number of aliphatic carboxylic acids is 4. The number of hydrogen-bond donors (Lipinski definition) is 9. The van der Waals surface area contributed by atoms with Crippen LogP contribution in [0.15, 0.2) is 0 Å². The van der Waals surface area contributed by atoms with Gasteiger partial charge >= 0.3 is 5.97 Å². The van der Waals surface area contributed by atoms with E-state index in [0.29, 0.717) is 0 Å². The van der Waals surface area contributed by atoms with Crippen LogP contribution in [0.2, 0.25) is 0 Å². The fourth-order valence-corrected chi connectivity index (χ4v) is 0.218. The number of rotatable bonds is 2. The normalized spacial score (nSPS) is 7.23. The molecule has 0 spiro atoms. The Kier molecular flexibility index (Phi) is 54.6. The standard InChI is InChI=1S/C4H10N3O2.4C2H4O2.2CH3NO/c1-2-9-3(8)4(5,6)7;4*1-2(3)4;2*2-1-3/h1-2,5-7H2;4*1H3,(H,3,4);2*1H,(H2,2,3). The van der Waals surface area contributed by atoms with Gasteiger partial charge in [0.05, 0.1) is 6.61 Å². The largest absolute Gasteiger partial charge is 0.481 e. The molecule has 31 heavy (non-hydrogen) atoms. The van der Waals surface area contributed by atoms with E-state index in [1.165, 1.54) is 0 Å². The molecule has 0 heterocycles. The second-order valence-electron chi connectivity index (χ2n) is 3.92. The van der Waals surface area contributed by atoms with Gasteiger partial charge in [0.2, 0.25) is 18.6 Å². The van der Waals surface area contributed by atoms with E-state index in [0.717, 1.165) is 27.7 Å². The lowest BCUT2D eigenvalue weighted by Crippen LogP contribution is -2.64. The average Bonchev–Trinajstić information content (AvgIpc) is 2.45. The van der Waals surface area contributed by atoms with Crippen molar-refractivity contribution in [3.8, 4) is 0 Å². The predicted molar refractivity (Wildman–Crippen MR) is 105 cm³/mol. The van der Waals surface area contributed by atoms with Crippen molar-refractivity contribution in [2.45, 2.75) is 33.5 Å². The van der Waals surface area contributed by atoms with Gasteiger partial charge in [-0.3, -0.25) is 46.0 Å². The highest BCUT2D eigenvalue weighted by molar-refractivity contribution is 5.78. The fraction of sp³-hybridized carbons (Fsp3) is 0.429. The summed E-state index contributed by atoms with van der Waals surface area (Å²) in [5.41, 5.74) is 23.1. The molecule has 1 radical (unpaired) electrons. The van der Waals surface area contributed by atoms with Crippen LogP contribution >= 0.6 is 0 Å². The molecule has 0 aliphatic carbocycles. The molecule has 0 atom stereocenters.